The van der Waals surface area contributed by atoms with Gasteiger partial charge in [0, 0.05) is 11.6 Å². The van der Waals surface area contributed by atoms with Crippen molar-refractivity contribution < 1.29 is 4.79 Å². The summed E-state index contributed by atoms with van der Waals surface area (Å²) in [6, 6.07) is 9.78. The Morgan fingerprint density at radius 1 is 1.33 bits per heavy atom. The Bertz CT molecular complexity index is 571. The fraction of sp³-hybridized carbons (Fsp3) is 0.286. The molecule has 2 N–H and O–H groups in total. The van der Waals surface area contributed by atoms with E-state index in [0.717, 1.165) is 30.2 Å². The molecule has 1 aliphatic rings. The standard InChI is InChI=1S/C14H15N3O/c18-14(12-6-3-8-15-12)17-13-11-5-2-1-4-10(11)7-9-16-13/h1-2,4-5,7,9,12,15H,3,6,8H2,(H,16,17,18). The molecule has 1 aliphatic heterocycles. The van der Waals surface area contributed by atoms with Crippen molar-refractivity contribution in [1.29, 1.82) is 0 Å². The molecule has 92 valence electrons. The zero-order valence-corrected chi connectivity index (χ0v) is 10.0. The highest BCUT2D eigenvalue weighted by molar-refractivity contribution is 6.02. The van der Waals surface area contributed by atoms with Crippen molar-refractivity contribution in [3.63, 3.8) is 0 Å². The lowest BCUT2D eigenvalue weighted by atomic mass is 10.1. The summed E-state index contributed by atoms with van der Waals surface area (Å²) in [6.07, 6.45) is 3.68. The fourth-order valence-corrected chi connectivity index (χ4v) is 2.33. The maximum atomic E-state index is 12.0. The summed E-state index contributed by atoms with van der Waals surface area (Å²) >= 11 is 0. The number of hydrogen-bond acceptors (Lipinski definition) is 3. The van der Waals surface area contributed by atoms with Gasteiger partial charge in [-0.2, -0.15) is 0 Å². The van der Waals surface area contributed by atoms with Crippen LogP contribution in [0, 0.1) is 0 Å². The third-order valence-corrected chi connectivity index (χ3v) is 3.29. The molecule has 1 amide bonds. The average molecular weight is 241 g/mol. The first-order valence-electron chi connectivity index (χ1n) is 6.22. The third kappa shape index (κ3) is 2.07. The van der Waals surface area contributed by atoms with Gasteiger partial charge in [-0.1, -0.05) is 24.3 Å². The average Bonchev–Trinajstić information content (AvgIpc) is 2.93. The van der Waals surface area contributed by atoms with Crippen LogP contribution in [0.4, 0.5) is 5.82 Å². The Kier molecular flexibility index (Phi) is 2.94. The Labute approximate surface area is 105 Å². The molecule has 0 aliphatic carbocycles. The van der Waals surface area contributed by atoms with Crippen LogP contribution >= 0.6 is 0 Å². The minimum absolute atomic E-state index is 0.0105. The van der Waals surface area contributed by atoms with Crippen LogP contribution in [0.5, 0.6) is 0 Å². The first-order valence-corrected chi connectivity index (χ1v) is 6.22. The molecule has 3 rings (SSSR count). The van der Waals surface area contributed by atoms with Crippen molar-refractivity contribution >= 4 is 22.5 Å². The second-order valence-electron chi connectivity index (χ2n) is 4.52. The van der Waals surface area contributed by atoms with Crippen molar-refractivity contribution in [1.82, 2.24) is 10.3 Å². The molecule has 0 saturated carbocycles. The van der Waals surface area contributed by atoms with E-state index in [1.807, 2.05) is 30.3 Å². The van der Waals surface area contributed by atoms with E-state index in [1.54, 1.807) is 6.20 Å². The van der Waals surface area contributed by atoms with Gasteiger partial charge in [0.2, 0.25) is 5.91 Å². The summed E-state index contributed by atoms with van der Waals surface area (Å²) in [5.74, 6) is 0.656. The van der Waals surface area contributed by atoms with Crippen LogP contribution in [0.1, 0.15) is 12.8 Å². The van der Waals surface area contributed by atoms with Crippen LogP contribution < -0.4 is 10.6 Å². The minimum Gasteiger partial charge on any atom is -0.309 e. The molecule has 0 spiro atoms. The molecule has 4 nitrogen and oxygen atoms in total. The number of amides is 1. The predicted octanol–water partition coefficient (Wildman–Crippen LogP) is 1.93. The van der Waals surface area contributed by atoms with Gasteiger partial charge in [-0.3, -0.25) is 4.79 Å². The molecular weight excluding hydrogens is 226 g/mol. The molecule has 1 unspecified atom stereocenters. The van der Waals surface area contributed by atoms with Gasteiger partial charge in [0.15, 0.2) is 0 Å². The van der Waals surface area contributed by atoms with E-state index in [0.29, 0.717) is 5.82 Å². The molecule has 1 aromatic carbocycles. The Balaban J connectivity index is 1.88. The van der Waals surface area contributed by atoms with E-state index in [2.05, 4.69) is 15.6 Å². The largest absolute Gasteiger partial charge is 0.309 e. The molecule has 0 bridgehead atoms. The first kappa shape index (κ1) is 11.2. The fourth-order valence-electron chi connectivity index (χ4n) is 2.33. The summed E-state index contributed by atoms with van der Waals surface area (Å²) in [4.78, 5) is 16.3. The van der Waals surface area contributed by atoms with Crippen LogP contribution in [-0.4, -0.2) is 23.5 Å². The molecule has 0 radical (unpaired) electrons. The van der Waals surface area contributed by atoms with Crippen LogP contribution in [0.3, 0.4) is 0 Å². The number of pyridine rings is 1. The minimum atomic E-state index is -0.0780. The third-order valence-electron chi connectivity index (χ3n) is 3.29. The quantitative estimate of drug-likeness (QED) is 0.844. The summed E-state index contributed by atoms with van der Waals surface area (Å²) in [7, 11) is 0. The predicted molar refractivity (Wildman–Crippen MR) is 71.4 cm³/mol. The molecule has 1 fully saturated rings. The van der Waals surface area contributed by atoms with Crippen LogP contribution in [-0.2, 0) is 4.79 Å². The van der Waals surface area contributed by atoms with Crippen molar-refractivity contribution in [2.45, 2.75) is 18.9 Å². The number of aromatic nitrogens is 1. The lowest BCUT2D eigenvalue weighted by molar-refractivity contribution is -0.117. The smallest absolute Gasteiger partial charge is 0.242 e. The van der Waals surface area contributed by atoms with Gasteiger partial charge in [-0.15, -0.1) is 0 Å². The van der Waals surface area contributed by atoms with E-state index in [9.17, 15) is 4.79 Å². The van der Waals surface area contributed by atoms with E-state index in [1.165, 1.54) is 0 Å². The molecule has 1 saturated heterocycles. The molecule has 4 heteroatoms. The lowest BCUT2D eigenvalue weighted by Crippen LogP contribution is -2.35. The molecule has 2 heterocycles. The summed E-state index contributed by atoms with van der Waals surface area (Å²) in [6.45, 7) is 0.918. The number of hydrogen-bond donors (Lipinski definition) is 2. The zero-order chi connectivity index (χ0) is 12.4. The maximum Gasteiger partial charge on any atom is 0.242 e. The molecule has 2 aromatic rings. The van der Waals surface area contributed by atoms with Crippen molar-refractivity contribution in [2.24, 2.45) is 0 Å². The maximum absolute atomic E-state index is 12.0. The van der Waals surface area contributed by atoms with Crippen molar-refractivity contribution in [2.75, 3.05) is 11.9 Å². The number of fused-ring (bicyclic) bond motifs is 1. The summed E-state index contributed by atoms with van der Waals surface area (Å²) < 4.78 is 0. The first-order chi connectivity index (χ1) is 8.84. The van der Waals surface area contributed by atoms with Gasteiger partial charge in [0.1, 0.15) is 5.82 Å². The highest BCUT2D eigenvalue weighted by atomic mass is 16.2. The van der Waals surface area contributed by atoms with E-state index >= 15 is 0 Å². The summed E-state index contributed by atoms with van der Waals surface area (Å²) in [5.41, 5.74) is 0. The van der Waals surface area contributed by atoms with Gasteiger partial charge in [0.25, 0.3) is 0 Å². The SMILES string of the molecule is O=C(Nc1nccc2ccccc12)C1CCCN1. The zero-order valence-electron chi connectivity index (χ0n) is 10.0. The molecule has 18 heavy (non-hydrogen) atoms. The normalized spacial score (nSPS) is 19.0. The van der Waals surface area contributed by atoms with E-state index in [4.69, 9.17) is 0 Å². The van der Waals surface area contributed by atoms with Crippen molar-refractivity contribution in [3.05, 3.63) is 36.5 Å². The van der Waals surface area contributed by atoms with Gasteiger partial charge < -0.3 is 10.6 Å². The molecular formula is C14H15N3O. The van der Waals surface area contributed by atoms with E-state index < -0.39 is 0 Å². The monoisotopic (exact) mass is 241 g/mol. The second kappa shape index (κ2) is 4.74. The Morgan fingerprint density at radius 3 is 3.06 bits per heavy atom. The number of anilines is 1. The van der Waals surface area contributed by atoms with Crippen LogP contribution in [0.2, 0.25) is 0 Å². The van der Waals surface area contributed by atoms with Gasteiger partial charge in [-0.05, 0) is 30.8 Å². The topological polar surface area (TPSA) is 54.0 Å². The lowest BCUT2D eigenvalue weighted by Gasteiger charge is -2.11. The second-order valence-corrected chi connectivity index (χ2v) is 4.52. The van der Waals surface area contributed by atoms with Gasteiger partial charge in [0.05, 0.1) is 6.04 Å². The Hall–Kier alpha value is -1.94. The highest BCUT2D eigenvalue weighted by Gasteiger charge is 2.22. The van der Waals surface area contributed by atoms with E-state index in [-0.39, 0.29) is 11.9 Å². The summed E-state index contributed by atoms with van der Waals surface area (Å²) in [5, 5.41) is 8.16. The van der Waals surface area contributed by atoms with Gasteiger partial charge >= 0.3 is 0 Å². The number of carbonyl (C=O) groups is 1. The molecule has 1 aromatic heterocycles. The van der Waals surface area contributed by atoms with Gasteiger partial charge in [-0.25, -0.2) is 4.98 Å². The van der Waals surface area contributed by atoms with Crippen molar-refractivity contribution in [3.8, 4) is 0 Å². The number of nitrogens with zero attached hydrogens (tertiary/aromatic N) is 1. The van der Waals surface area contributed by atoms with Crippen LogP contribution in [0.15, 0.2) is 36.5 Å². The number of nitrogens with one attached hydrogen (secondary N) is 2. The number of benzene rings is 1. The Morgan fingerprint density at radius 2 is 2.22 bits per heavy atom. The molecule has 1 atom stereocenters. The van der Waals surface area contributed by atoms with Crippen LogP contribution in [0.25, 0.3) is 10.8 Å². The number of carbonyl (C=O) groups excluding carboxylic acids is 1. The number of rotatable bonds is 2. The highest BCUT2D eigenvalue weighted by Crippen LogP contribution is 2.20.